The molecule has 0 N–H and O–H groups in total. The van der Waals surface area contributed by atoms with E-state index in [0.29, 0.717) is 23.2 Å². The van der Waals surface area contributed by atoms with Crippen LogP contribution in [0, 0.1) is 23.2 Å². The van der Waals surface area contributed by atoms with Gasteiger partial charge in [-0.05, 0) is 42.9 Å². The minimum atomic E-state index is -0.263. The van der Waals surface area contributed by atoms with Gasteiger partial charge in [-0.15, -0.1) is 10.2 Å². The van der Waals surface area contributed by atoms with Crippen molar-refractivity contribution in [3.05, 3.63) is 6.33 Å². The summed E-state index contributed by atoms with van der Waals surface area (Å²) in [5.74, 6) is 1.71. The summed E-state index contributed by atoms with van der Waals surface area (Å²) in [6.07, 6.45) is 4.02. The second-order valence-corrected chi connectivity index (χ2v) is 8.72. The number of thioether (sulfide) groups is 1. The Morgan fingerprint density at radius 3 is 2.77 bits per heavy atom. The maximum atomic E-state index is 12.4. The molecule has 0 spiro atoms. The molecule has 0 aromatic carbocycles. The van der Waals surface area contributed by atoms with Gasteiger partial charge in [0.15, 0.2) is 5.16 Å². The van der Waals surface area contributed by atoms with Crippen molar-refractivity contribution in [2.75, 3.05) is 0 Å². The highest BCUT2D eigenvalue weighted by Gasteiger charge is 2.57. The summed E-state index contributed by atoms with van der Waals surface area (Å²) >= 11 is 1.40. The number of fused-ring (bicyclic) bond motifs is 2. The number of ether oxygens (including phenoxy) is 1. The zero-order valence-corrected chi connectivity index (χ0v) is 14.8. The summed E-state index contributed by atoms with van der Waals surface area (Å²) in [6.45, 7) is 8.82. The molecule has 3 aliphatic carbocycles. The number of hydrogen-bond donors (Lipinski definition) is 0. The molecule has 3 saturated carbocycles. The van der Waals surface area contributed by atoms with E-state index in [9.17, 15) is 4.79 Å². The fraction of sp³-hybridized carbons (Fsp3) is 0.812. The highest BCUT2D eigenvalue weighted by molar-refractivity contribution is 8.00. The van der Waals surface area contributed by atoms with Gasteiger partial charge in [0.2, 0.25) is 0 Å². The molecule has 0 aliphatic heterocycles. The van der Waals surface area contributed by atoms with Gasteiger partial charge < -0.3 is 9.30 Å². The first-order chi connectivity index (χ1) is 10.3. The van der Waals surface area contributed by atoms with E-state index in [0.717, 1.165) is 11.6 Å². The van der Waals surface area contributed by atoms with Gasteiger partial charge in [0.05, 0.1) is 0 Å². The third kappa shape index (κ3) is 2.55. The van der Waals surface area contributed by atoms with Crippen LogP contribution in [-0.2, 0) is 16.6 Å². The number of aromatic nitrogens is 3. The van der Waals surface area contributed by atoms with Gasteiger partial charge in [0.25, 0.3) is 0 Å². The Kier molecular flexibility index (Phi) is 4.00. The number of aryl methyl sites for hydroxylation is 1. The van der Waals surface area contributed by atoms with E-state index < -0.39 is 0 Å². The molecule has 5 atom stereocenters. The minimum Gasteiger partial charge on any atom is -0.461 e. The summed E-state index contributed by atoms with van der Waals surface area (Å²) in [6, 6.07) is 0. The number of carbonyl (C=O) groups is 1. The summed E-state index contributed by atoms with van der Waals surface area (Å²) in [5, 5.41) is 8.32. The van der Waals surface area contributed by atoms with Crippen molar-refractivity contribution in [2.24, 2.45) is 30.2 Å². The van der Waals surface area contributed by atoms with Crippen LogP contribution < -0.4 is 0 Å². The number of rotatable bonds is 4. The van der Waals surface area contributed by atoms with Gasteiger partial charge in [0.1, 0.15) is 17.7 Å². The van der Waals surface area contributed by atoms with Gasteiger partial charge in [-0.1, -0.05) is 32.5 Å². The molecular formula is C16H25N3O2S. The summed E-state index contributed by atoms with van der Waals surface area (Å²) in [5.41, 5.74) is 0.418. The van der Waals surface area contributed by atoms with Crippen molar-refractivity contribution in [3.63, 3.8) is 0 Å². The van der Waals surface area contributed by atoms with Crippen LogP contribution in [0.25, 0.3) is 0 Å². The molecule has 0 radical (unpaired) electrons. The van der Waals surface area contributed by atoms with Crippen LogP contribution in [0.3, 0.4) is 0 Å². The van der Waals surface area contributed by atoms with Gasteiger partial charge >= 0.3 is 5.97 Å². The van der Waals surface area contributed by atoms with Crippen LogP contribution in [0.15, 0.2) is 11.5 Å². The predicted octanol–water partition coefficient (Wildman–Crippen LogP) is 2.91. The number of esters is 1. The van der Waals surface area contributed by atoms with E-state index in [1.807, 2.05) is 18.5 Å². The van der Waals surface area contributed by atoms with Crippen molar-refractivity contribution in [1.29, 1.82) is 0 Å². The molecule has 5 nitrogen and oxygen atoms in total. The standard InChI is InChI=1S/C16H25N3O2S/c1-9-12-6-11(16(12,3)4)7-13(9)21-14(20)10(2)22-15-18-17-8-19(15)5/h8-13H,6-7H2,1-5H3/t9-,10+,11-,12+,13-/m1/s1. The highest BCUT2D eigenvalue weighted by Crippen LogP contribution is 2.61. The molecule has 2 bridgehead atoms. The molecular weight excluding hydrogens is 298 g/mol. The Hall–Kier alpha value is -1.04. The van der Waals surface area contributed by atoms with Gasteiger partial charge in [0, 0.05) is 7.05 Å². The Balaban J connectivity index is 1.57. The fourth-order valence-corrected chi connectivity index (χ4v) is 4.86. The summed E-state index contributed by atoms with van der Waals surface area (Å²) in [4.78, 5) is 12.4. The zero-order chi connectivity index (χ0) is 16.1. The molecule has 0 amide bonds. The molecule has 0 unspecified atom stereocenters. The lowest BCUT2D eigenvalue weighted by Crippen LogP contribution is -2.57. The van der Waals surface area contributed by atoms with Crippen molar-refractivity contribution in [3.8, 4) is 0 Å². The van der Waals surface area contributed by atoms with Crippen LogP contribution in [0.1, 0.15) is 40.5 Å². The first kappa shape index (κ1) is 15.8. The average molecular weight is 323 g/mol. The Labute approximate surface area is 136 Å². The van der Waals surface area contributed by atoms with E-state index in [-0.39, 0.29) is 17.3 Å². The zero-order valence-electron chi connectivity index (χ0n) is 13.9. The molecule has 1 aromatic rings. The first-order valence-electron chi connectivity index (χ1n) is 8.01. The van der Waals surface area contributed by atoms with E-state index in [4.69, 9.17) is 4.74 Å². The minimum absolute atomic E-state index is 0.0758. The third-order valence-corrected chi connectivity index (χ3v) is 6.96. The maximum Gasteiger partial charge on any atom is 0.319 e. The molecule has 6 heteroatoms. The molecule has 3 aliphatic rings. The third-order valence-electron chi connectivity index (χ3n) is 5.84. The quantitative estimate of drug-likeness (QED) is 0.630. The van der Waals surface area contributed by atoms with E-state index in [1.54, 1.807) is 6.33 Å². The molecule has 0 saturated heterocycles. The Morgan fingerprint density at radius 2 is 2.23 bits per heavy atom. The molecule has 122 valence electrons. The molecule has 22 heavy (non-hydrogen) atoms. The SMILES string of the molecule is C[C@H]1[C@H](OC(=O)[C@H](C)Sc2nncn2C)C[C@H]2C[C@@H]1C2(C)C. The lowest BCUT2D eigenvalue weighted by molar-refractivity contribution is -0.185. The summed E-state index contributed by atoms with van der Waals surface area (Å²) < 4.78 is 7.65. The Bertz CT molecular complexity index is 571. The number of nitrogens with zero attached hydrogens (tertiary/aromatic N) is 3. The van der Waals surface area contributed by atoms with Crippen LogP contribution >= 0.6 is 11.8 Å². The molecule has 3 fully saturated rings. The van der Waals surface area contributed by atoms with Crippen molar-refractivity contribution in [2.45, 2.75) is 57.0 Å². The number of carbonyl (C=O) groups excluding carboxylic acids is 1. The van der Waals surface area contributed by atoms with E-state index >= 15 is 0 Å². The van der Waals surface area contributed by atoms with Gasteiger partial charge in [-0.3, -0.25) is 4.79 Å². The molecule has 1 aromatic heterocycles. The van der Waals surface area contributed by atoms with Crippen molar-refractivity contribution in [1.82, 2.24) is 14.8 Å². The normalized spacial score (nSPS) is 33.9. The maximum absolute atomic E-state index is 12.4. The van der Waals surface area contributed by atoms with Crippen LogP contribution in [0.5, 0.6) is 0 Å². The number of hydrogen-bond acceptors (Lipinski definition) is 5. The highest BCUT2D eigenvalue weighted by atomic mass is 32.2. The van der Waals surface area contributed by atoms with E-state index in [1.165, 1.54) is 18.2 Å². The Morgan fingerprint density at radius 1 is 1.50 bits per heavy atom. The predicted molar refractivity (Wildman–Crippen MR) is 85.4 cm³/mol. The summed E-state index contributed by atoms with van der Waals surface area (Å²) in [7, 11) is 1.87. The fourth-order valence-electron chi connectivity index (χ4n) is 4.09. The van der Waals surface area contributed by atoms with Crippen LogP contribution in [0.2, 0.25) is 0 Å². The van der Waals surface area contributed by atoms with Gasteiger partial charge in [-0.25, -0.2) is 0 Å². The lowest BCUT2D eigenvalue weighted by Gasteiger charge is -2.61. The second-order valence-electron chi connectivity index (χ2n) is 7.42. The van der Waals surface area contributed by atoms with Crippen molar-refractivity contribution >= 4 is 17.7 Å². The average Bonchev–Trinajstić information content (AvgIpc) is 2.85. The topological polar surface area (TPSA) is 57.0 Å². The lowest BCUT2D eigenvalue weighted by atomic mass is 9.45. The van der Waals surface area contributed by atoms with Crippen molar-refractivity contribution < 1.29 is 9.53 Å². The van der Waals surface area contributed by atoms with E-state index in [2.05, 4.69) is 31.0 Å². The monoisotopic (exact) mass is 323 g/mol. The molecule has 1 heterocycles. The largest absolute Gasteiger partial charge is 0.461 e. The molecule has 4 rings (SSSR count). The van der Waals surface area contributed by atoms with Crippen LogP contribution in [0.4, 0.5) is 0 Å². The first-order valence-corrected chi connectivity index (χ1v) is 8.89. The smallest absolute Gasteiger partial charge is 0.319 e. The second kappa shape index (κ2) is 5.55. The van der Waals surface area contributed by atoms with Gasteiger partial charge in [-0.2, -0.15) is 0 Å². The van der Waals surface area contributed by atoms with Crippen LogP contribution in [-0.4, -0.2) is 32.1 Å².